The van der Waals surface area contributed by atoms with Crippen LogP contribution in [0.15, 0.2) is 36.4 Å². The quantitative estimate of drug-likeness (QED) is 0.138. The van der Waals surface area contributed by atoms with Crippen molar-refractivity contribution in [1.82, 2.24) is 16.0 Å². The van der Waals surface area contributed by atoms with Crippen molar-refractivity contribution < 1.29 is 0 Å². The second kappa shape index (κ2) is 12.8. The van der Waals surface area contributed by atoms with E-state index in [2.05, 4.69) is 33.4 Å². The highest BCUT2D eigenvalue weighted by atomic mass is 32.1. The highest BCUT2D eigenvalue weighted by Crippen LogP contribution is 2.35. The van der Waals surface area contributed by atoms with Crippen molar-refractivity contribution in [3.63, 3.8) is 0 Å². The van der Waals surface area contributed by atoms with Gasteiger partial charge in [0.15, 0.2) is 0 Å². The summed E-state index contributed by atoms with van der Waals surface area (Å²) in [6.45, 7) is 3.03. The van der Waals surface area contributed by atoms with Crippen LogP contribution in [0.1, 0.15) is 56.9 Å². The lowest BCUT2D eigenvalue weighted by Crippen LogP contribution is -2.66. The van der Waals surface area contributed by atoms with Gasteiger partial charge in [-0.1, -0.05) is 67.3 Å². The maximum Gasteiger partial charge on any atom is 0.139 e. The molecule has 7 nitrogen and oxygen atoms in total. The number of benzene rings is 1. The highest BCUT2D eigenvalue weighted by Gasteiger charge is 2.37. The average Bonchev–Trinajstić information content (AvgIpc) is 3.21. The van der Waals surface area contributed by atoms with Crippen LogP contribution in [0.4, 0.5) is 5.69 Å². The lowest BCUT2D eigenvalue weighted by atomic mass is 9.84. The molecule has 1 heterocycles. The first kappa shape index (κ1) is 27.6. The average molecular weight is 532 g/mol. The third-order valence-corrected chi connectivity index (χ3v) is 7.61. The van der Waals surface area contributed by atoms with E-state index in [1.165, 1.54) is 5.56 Å². The van der Waals surface area contributed by atoms with Crippen LogP contribution < -0.4 is 32.7 Å². The van der Waals surface area contributed by atoms with E-state index < -0.39 is 11.8 Å². The number of hydrogen-bond acceptors (Lipinski definition) is 7. The van der Waals surface area contributed by atoms with E-state index in [4.69, 9.17) is 53.5 Å². The Morgan fingerprint density at radius 2 is 2.03 bits per heavy atom. The normalized spacial score (nSPS) is 22.0. The Morgan fingerprint density at radius 3 is 2.77 bits per heavy atom. The Labute approximate surface area is 224 Å². The Kier molecular flexibility index (Phi) is 10.1. The van der Waals surface area contributed by atoms with Crippen LogP contribution in [0.2, 0.25) is 0 Å². The first-order valence-corrected chi connectivity index (χ1v) is 13.4. The number of anilines is 1. The van der Waals surface area contributed by atoms with Crippen LogP contribution in [-0.2, 0) is 0 Å². The zero-order valence-corrected chi connectivity index (χ0v) is 22.7. The number of hydrogen-bond donors (Lipinski definition) is 7. The van der Waals surface area contributed by atoms with Crippen LogP contribution in [0.5, 0.6) is 0 Å². The molecule has 1 aromatic rings. The molecule has 35 heavy (non-hydrogen) atoms. The number of rotatable bonds is 10. The summed E-state index contributed by atoms with van der Waals surface area (Å²) in [6, 6.07) is 8.27. The molecule has 0 bridgehead atoms. The summed E-state index contributed by atoms with van der Waals surface area (Å²) in [5.41, 5.74) is 15.2. The van der Waals surface area contributed by atoms with E-state index >= 15 is 0 Å². The van der Waals surface area contributed by atoms with Crippen LogP contribution in [0.3, 0.4) is 0 Å². The second-order valence-electron chi connectivity index (χ2n) is 9.39. The summed E-state index contributed by atoms with van der Waals surface area (Å²) in [5, 5.41) is 21.5. The number of thiocarbonyl (C=S) groups is 3. The summed E-state index contributed by atoms with van der Waals surface area (Å²) in [4.78, 5) is 1.66. The molecule has 1 unspecified atom stereocenters. The summed E-state index contributed by atoms with van der Waals surface area (Å²) in [5.74, 6) is 0.349. The SMILES string of the molecule is C/C=C/C(=S)N[C@H](N)CNC(=S)[C@@](N)(CC1CNc2ccccc21)NC(=S)C[C@@H]1CCCCC1=N. The van der Waals surface area contributed by atoms with E-state index in [0.29, 0.717) is 34.4 Å². The standard InChI is InChI=1S/C25H37N7S3/c1-2-7-22(33)31-21(27)15-30-24(35)25(28,13-17-14-29-20-11-6-4-9-18(17)20)32-23(34)12-16-8-3-5-10-19(16)26/h2,4,6-7,9,11,16-17,21,26,29H,3,5,8,10,12-15,27-28H2,1H3,(H,30,35)(H,31,33)(H,32,34)/b7-2+,26-19?/t16-,17?,21-,25+/m0/s1. The maximum atomic E-state index is 8.31. The van der Waals surface area contributed by atoms with Gasteiger partial charge in [0.25, 0.3) is 0 Å². The molecule has 9 N–H and O–H groups in total. The van der Waals surface area contributed by atoms with Crippen molar-refractivity contribution in [2.45, 2.75) is 63.2 Å². The fraction of sp³-hybridized carbons (Fsp3) is 0.520. The monoisotopic (exact) mass is 531 g/mol. The third-order valence-electron chi connectivity index (χ3n) is 6.58. The number of nitrogens with two attached hydrogens (primary N) is 2. The third kappa shape index (κ3) is 7.75. The fourth-order valence-electron chi connectivity index (χ4n) is 4.76. The summed E-state index contributed by atoms with van der Waals surface area (Å²) < 4.78 is 0. The molecule has 3 rings (SSSR count). The van der Waals surface area contributed by atoms with Gasteiger partial charge in [-0.25, -0.2) is 0 Å². The Balaban J connectivity index is 1.70. The molecule has 190 valence electrons. The van der Waals surface area contributed by atoms with Crippen molar-refractivity contribution in [2.24, 2.45) is 17.4 Å². The van der Waals surface area contributed by atoms with E-state index in [0.717, 1.165) is 43.6 Å². The molecule has 1 saturated carbocycles. The van der Waals surface area contributed by atoms with Gasteiger partial charge in [0.05, 0.1) is 16.1 Å². The van der Waals surface area contributed by atoms with Gasteiger partial charge in [-0.15, -0.1) is 0 Å². The van der Waals surface area contributed by atoms with Crippen molar-refractivity contribution >= 4 is 63.0 Å². The van der Waals surface area contributed by atoms with Crippen molar-refractivity contribution in [2.75, 3.05) is 18.4 Å². The maximum absolute atomic E-state index is 8.31. The van der Waals surface area contributed by atoms with Crippen molar-refractivity contribution in [3.05, 3.63) is 42.0 Å². The Hall–Kier alpha value is -1.98. The first-order valence-electron chi connectivity index (χ1n) is 12.2. The fourth-order valence-corrected chi connectivity index (χ4v) is 5.64. The Morgan fingerprint density at radius 1 is 1.26 bits per heavy atom. The van der Waals surface area contributed by atoms with Gasteiger partial charge in [0, 0.05) is 42.7 Å². The van der Waals surface area contributed by atoms with Gasteiger partial charge < -0.3 is 38.1 Å². The molecule has 1 aliphatic heterocycles. The lowest BCUT2D eigenvalue weighted by Gasteiger charge is -2.36. The van der Waals surface area contributed by atoms with Crippen LogP contribution >= 0.6 is 36.7 Å². The molecule has 4 atom stereocenters. The van der Waals surface area contributed by atoms with Gasteiger partial charge in [-0.3, -0.25) is 0 Å². The second-order valence-corrected chi connectivity index (χ2v) is 10.7. The number of nitrogens with one attached hydrogen (secondary N) is 5. The molecule has 1 fully saturated rings. The highest BCUT2D eigenvalue weighted by molar-refractivity contribution is 7.81. The zero-order chi connectivity index (χ0) is 25.4. The number of fused-ring (bicyclic) bond motifs is 1. The van der Waals surface area contributed by atoms with Gasteiger partial charge in [0.1, 0.15) is 10.7 Å². The van der Waals surface area contributed by atoms with Gasteiger partial charge in [-0.05, 0) is 50.3 Å². The van der Waals surface area contributed by atoms with E-state index in [-0.39, 0.29) is 11.8 Å². The molecule has 0 radical (unpaired) electrons. The van der Waals surface area contributed by atoms with E-state index in [1.54, 1.807) is 6.08 Å². The minimum atomic E-state index is -1.06. The van der Waals surface area contributed by atoms with Crippen LogP contribution in [0.25, 0.3) is 0 Å². The molecule has 1 aliphatic carbocycles. The van der Waals surface area contributed by atoms with E-state index in [1.807, 2.05) is 25.1 Å². The topological polar surface area (TPSA) is 124 Å². The largest absolute Gasteiger partial charge is 0.384 e. The van der Waals surface area contributed by atoms with Gasteiger partial charge in [0.2, 0.25) is 0 Å². The minimum Gasteiger partial charge on any atom is -0.384 e. The first-order chi connectivity index (χ1) is 16.7. The number of allylic oxidation sites excluding steroid dienone is 1. The molecule has 0 spiro atoms. The van der Waals surface area contributed by atoms with Crippen LogP contribution in [0, 0.1) is 11.3 Å². The van der Waals surface area contributed by atoms with E-state index in [9.17, 15) is 0 Å². The van der Waals surface area contributed by atoms with Gasteiger partial charge >= 0.3 is 0 Å². The summed E-state index contributed by atoms with van der Waals surface area (Å²) in [6.07, 6.45) is 8.46. The molecule has 2 aliphatic rings. The summed E-state index contributed by atoms with van der Waals surface area (Å²) >= 11 is 16.8. The van der Waals surface area contributed by atoms with Crippen molar-refractivity contribution in [1.29, 1.82) is 5.41 Å². The predicted molar refractivity (Wildman–Crippen MR) is 158 cm³/mol. The molecule has 0 saturated heterocycles. The smallest absolute Gasteiger partial charge is 0.139 e. The predicted octanol–water partition coefficient (Wildman–Crippen LogP) is 3.45. The molecule has 1 aromatic carbocycles. The molecule has 10 heteroatoms. The minimum absolute atomic E-state index is 0.174. The molecular formula is C25H37N7S3. The van der Waals surface area contributed by atoms with Crippen LogP contribution in [-0.4, -0.2) is 45.6 Å². The molecular weight excluding hydrogens is 495 g/mol. The Bertz CT molecular complexity index is 980. The molecule has 0 amide bonds. The van der Waals surface area contributed by atoms with Gasteiger partial charge in [-0.2, -0.15) is 0 Å². The number of para-hydroxylation sites is 1. The summed E-state index contributed by atoms with van der Waals surface area (Å²) in [7, 11) is 0. The molecule has 0 aromatic heterocycles. The zero-order valence-electron chi connectivity index (χ0n) is 20.2. The lowest BCUT2D eigenvalue weighted by molar-refractivity contribution is 0.434. The van der Waals surface area contributed by atoms with Crippen molar-refractivity contribution in [3.8, 4) is 0 Å².